The van der Waals surface area contributed by atoms with Crippen LogP contribution in [0.25, 0.3) is 22.8 Å². The minimum Gasteiger partial charge on any atom is -0.313 e. The van der Waals surface area contributed by atoms with Crippen LogP contribution in [0.3, 0.4) is 0 Å². The SMILES string of the molecule is C=C.C=C.C=C.C=C.C=C/C=C(/C(C(=C)c1[nH]c#cc1C)=C(\C)C=C)c1ccccc1CC(=C)C(=C)c1ncccc1C=C.C=C/C=C\C(=C)/C(C)=C/C=C\C. The second-order valence-corrected chi connectivity index (χ2v) is 11.0. The predicted octanol–water partition coefficient (Wildman–Crippen LogP) is 15.6. The van der Waals surface area contributed by atoms with E-state index in [0.717, 1.165) is 72.7 Å². The molecule has 0 unspecified atom stereocenters. The second kappa shape index (κ2) is 32.7. The molecule has 56 heavy (non-hydrogen) atoms. The highest BCUT2D eigenvalue weighted by Crippen LogP contribution is 2.38. The van der Waals surface area contributed by atoms with E-state index in [1.54, 1.807) is 24.4 Å². The van der Waals surface area contributed by atoms with Gasteiger partial charge >= 0.3 is 0 Å². The fourth-order valence-electron chi connectivity index (χ4n) is 4.85. The number of hydrogen-bond acceptors (Lipinski definition) is 1. The number of allylic oxidation sites excluding steroid dienone is 17. The van der Waals surface area contributed by atoms with Crippen LogP contribution in [-0.4, -0.2) is 9.97 Å². The van der Waals surface area contributed by atoms with Gasteiger partial charge in [0.15, 0.2) is 0 Å². The van der Waals surface area contributed by atoms with Gasteiger partial charge < -0.3 is 4.98 Å². The Kier molecular flexibility index (Phi) is 31.2. The van der Waals surface area contributed by atoms with Crippen molar-refractivity contribution in [2.24, 2.45) is 0 Å². The molecule has 0 aliphatic rings. The first-order chi connectivity index (χ1) is 27.1. The average molecular weight is 741 g/mol. The number of nitrogens with zero attached hydrogens (tertiary/aromatic N) is 1. The van der Waals surface area contributed by atoms with Crippen molar-refractivity contribution in [3.8, 4) is 0 Å². The molecule has 0 aliphatic heterocycles. The van der Waals surface area contributed by atoms with Crippen LogP contribution in [0.2, 0.25) is 0 Å². The summed E-state index contributed by atoms with van der Waals surface area (Å²) in [4.78, 5) is 7.69. The average Bonchev–Trinajstić information content (AvgIpc) is 3.70. The van der Waals surface area contributed by atoms with Gasteiger partial charge in [0.1, 0.15) is 0 Å². The Bertz CT molecular complexity index is 1910. The molecule has 290 valence electrons. The van der Waals surface area contributed by atoms with E-state index in [4.69, 9.17) is 0 Å². The van der Waals surface area contributed by atoms with Crippen LogP contribution in [0.15, 0.2) is 230 Å². The quantitative estimate of drug-likeness (QED) is 0.122. The van der Waals surface area contributed by atoms with E-state index in [1.165, 1.54) is 5.57 Å². The Morgan fingerprint density at radius 2 is 1.41 bits per heavy atom. The van der Waals surface area contributed by atoms with E-state index >= 15 is 0 Å². The molecule has 0 saturated carbocycles. The van der Waals surface area contributed by atoms with Gasteiger partial charge in [-0.1, -0.05) is 144 Å². The molecular weight excluding hydrogens is 677 g/mol. The second-order valence-electron chi connectivity index (χ2n) is 11.0. The van der Waals surface area contributed by atoms with E-state index in [9.17, 15) is 0 Å². The van der Waals surface area contributed by atoms with Crippen molar-refractivity contribution < 1.29 is 0 Å². The lowest BCUT2D eigenvalue weighted by molar-refractivity contribution is 1.17. The van der Waals surface area contributed by atoms with Gasteiger partial charge in [0.05, 0.1) is 11.4 Å². The molecule has 2 aromatic heterocycles. The predicted molar refractivity (Wildman–Crippen MR) is 258 cm³/mol. The molecule has 0 aliphatic carbocycles. The summed E-state index contributed by atoms with van der Waals surface area (Å²) in [5.41, 5.74) is 13.4. The van der Waals surface area contributed by atoms with Gasteiger partial charge in [-0.3, -0.25) is 4.98 Å². The molecule has 0 bridgehead atoms. The van der Waals surface area contributed by atoms with Crippen LogP contribution in [0.5, 0.6) is 0 Å². The standard InChI is InChI=1S/C34H32N2.C12H16.4C2H4/c1-9-15-31(32(23(4)10-2)27(8)33-24(5)19-21-36-33)30-18-13-12-16-29(30)22-25(6)26(7)34-28(11-3)17-14-20-35-34;1-5-7-9-11(3)12(4)10-8-6-2;4*1-2/h9-18,20,36H,1-3,6-8,22H2,4-5H3;5-10H,1,3H2,2,4H3;4*1-2H2/b31-15+,32-23+;8-6-,9-7-,12-10+;;;;. The minimum absolute atomic E-state index is 0.604. The lowest BCUT2D eigenvalue weighted by Gasteiger charge is -2.21. The molecule has 1 aromatic carbocycles. The van der Waals surface area contributed by atoms with Crippen LogP contribution in [-0.2, 0) is 6.42 Å². The highest BCUT2D eigenvalue weighted by atomic mass is 14.7. The molecule has 3 aromatic rings. The number of rotatable bonds is 15. The lowest BCUT2D eigenvalue weighted by Crippen LogP contribution is -2.03. The molecule has 0 radical (unpaired) electrons. The number of hydrogen-bond donors (Lipinski definition) is 1. The molecule has 3 rings (SSSR count). The Morgan fingerprint density at radius 3 is 1.93 bits per heavy atom. The van der Waals surface area contributed by atoms with Crippen molar-refractivity contribution in [2.75, 3.05) is 0 Å². The van der Waals surface area contributed by atoms with E-state index in [2.05, 4.69) is 140 Å². The molecule has 1 N–H and O–H groups in total. The summed E-state index contributed by atoms with van der Waals surface area (Å²) in [6.07, 6.45) is 24.4. The van der Waals surface area contributed by atoms with Crippen LogP contribution >= 0.6 is 0 Å². The summed E-state index contributed by atoms with van der Waals surface area (Å²) in [6.45, 7) is 64.6. The van der Waals surface area contributed by atoms with Gasteiger partial charge in [-0.15, -0.1) is 52.6 Å². The third kappa shape index (κ3) is 17.3. The molecule has 0 atom stereocenters. The maximum atomic E-state index is 4.53. The Morgan fingerprint density at radius 1 is 0.786 bits per heavy atom. The van der Waals surface area contributed by atoms with Crippen molar-refractivity contribution in [3.63, 3.8) is 0 Å². The van der Waals surface area contributed by atoms with Crippen molar-refractivity contribution in [1.82, 2.24) is 9.97 Å². The third-order valence-electron chi connectivity index (χ3n) is 7.63. The topological polar surface area (TPSA) is 28.7 Å². The highest BCUT2D eigenvalue weighted by molar-refractivity contribution is 5.99. The Hall–Kier alpha value is -6.95. The van der Waals surface area contributed by atoms with Crippen LogP contribution in [0.1, 0.15) is 54.4 Å². The number of aromatic amines is 1. The summed E-state index contributed by atoms with van der Waals surface area (Å²) in [6, 6.07) is 15.2. The van der Waals surface area contributed by atoms with Gasteiger partial charge in [0.2, 0.25) is 0 Å². The van der Waals surface area contributed by atoms with Gasteiger partial charge in [0, 0.05) is 29.1 Å². The first kappa shape index (κ1) is 53.4. The van der Waals surface area contributed by atoms with Gasteiger partial charge in [-0.05, 0) is 96.4 Å². The minimum atomic E-state index is 0.604. The first-order valence-corrected chi connectivity index (χ1v) is 17.7. The zero-order valence-electron chi connectivity index (χ0n) is 34.8. The van der Waals surface area contributed by atoms with Crippen molar-refractivity contribution >= 4 is 22.8 Å². The summed E-state index contributed by atoms with van der Waals surface area (Å²) in [5.74, 6) is 0. The maximum Gasteiger partial charge on any atom is 0.0770 e. The zero-order valence-corrected chi connectivity index (χ0v) is 34.8. The largest absolute Gasteiger partial charge is 0.313 e. The number of benzene rings is 1. The van der Waals surface area contributed by atoms with Crippen molar-refractivity contribution in [3.05, 3.63) is 276 Å². The summed E-state index contributed by atoms with van der Waals surface area (Å²) < 4.78 is 0. The molecule has 0 amide bonds. The lowest BCUT2D eigenvalue weighted by atomic mass is 9.83. The smallest absolute Gasteiger partial charge is 0.0770 e. The maximum absolute atomic E-state index is 4.53. The molecular formula is C54H64N2. The molecule has 2 heteroatoms. The number of aromatic nitrogens is 2. The molecule has 0 saturated heterocycles. The molecule has 0 spiro atoms. The van der Waals surface area contributed by atoms with E-state index in [1.807, 2.05) is 94.5 Å². The summed E-state index contributed by atoms with van der Waals surface area (Å²) in [7, 11) is 0. The van der Waals surface area contributed by atoms with Gasteiger partial charge in [0.25, 0.3) is 0 Å². The molecule has 2 heterocycles. The third-order valence-corrected chi connectivity index (χ3v) is 7.63. The highest BCUT2D eigenvalue weighted by Gasteiger charge is 2.20. The van der Waals surface area contributed by atoms with Crippen LogP contribution in [0.4, 0.5) is 0 Å². The molecule has 0 fully saturated rings. The van der Waals surface area contributed by atoms with E-state index in [0.29, 0.717) is 6.42 Å². The van der Waals surface area contributed by atoms with E-state index < -0.39 is 0 Å². The zero-order chi connectivity index (χ0) is 43.6. The van der Waals surface area contributed by atoms with E-state index in [-0.39, 0.29) is 0 Å². The fourth-order valence-corrected chi connectivity index (χ4v) is 4.85. The van der Waals surface area contributed by atoms with Gasteiger partial charge in [-0.2, -0.15) is 0 Å². The Balaban J connectivity index is -0.00000118. The summed E-state index contributed by atoms with van der Waals surface area (Å²) >= 11 is 0. The number of H-pyrrole nitrogens is 1. The number of nitrogens with one attached hydrogen (secondary N) is 1. The van der Waals surface area contributed by atoms with Gasteiger partial charge in [-0.25, -0.2) is 0 Å². The van der Waals surface area contributed by atoms with Crippen LogP contribution in [0, 0.1) is 19.2 Å². The monoisotopic (exact) mass is 741 g/mol. The fraction of sp³-hybridized carbons (Fsp3) is 0.0926. The first-order valence-electron chi connectivity index (χ1n) is 17.7. The van der Waals surface area contributed by atoms with Crippen molar-refractivity contribution in [2.45, 2.75) is 34.1 Å². The molecule has 2 nitrogen and oxygen atoms in total. The number of pyridine rings is 1. The van der Waals surface area contributed by atoms with Crippen molar-refractivity contribution in [1.29, 1.82) is 0 Å². The van der Waals surface area contributed by atoms with Crippen LogP contribution < -0.4 is 0 Å². The Labute approximate surface area is 342 Å². The summed E-state index contributed by atoms with van der Waals surface area (Å²) in [5, 5.41) is 0. The normalized spacial score (nSPS) is 10.5.